The highest BCUT2D eigenvalue weighted by atomic mass is 32.1. The predicted molar refractivity (Wildman–Crippen MR) is 66.0 cm³/mol. The number of aromatic nitrogens is 1. The van der Waals surface area contributed by atoms with E-state index in [2.05, 4.69) is 4.98 Å². The van der Waals surface area contributed by atoms with E-state index in [-0.39, 0.29) is 5.78 Å². The van der Waals surface area contributed by atoms with E-state index >= 15 is 0 Å². The fourth-order valence-corrected chi connectivity index (χ4v) is 2.35. The molecule has 4 heteroatoms. The third-order valence-electron chi connectivity index (χ3n) is 2.37. The normalized spacial score (nSPS) is 10.7. The summed E-state index contributed by atoms with van der Waals surface area (Å²) >= 11 is 1.62. The van der Waals surface area contributed by atoms with Gasteiger partial charge in [-0.25, -0.2) is 4.98 Å². The molecule has 0 aliphatic heterocycles. The van der Waals surface area contributed by atoms with E-state index in [4.69, 9.17) is 4.74 Å². The van der Waals surface area contributed by atoms with E-state index in [0.29, 0.717) is 19.4 Å². The molecular weight excluding hydrogens is 222 g/mol. The molecule has 3 nitrogen and oxygen atoms in total. The van der Waals surface area contributed by atoms with Gasteiger partial charge in [0.1, 0.15) is 10.8 Å². The summed E-state index contributed by atoms with van der Waals surface area (Å²) in [6, 6.07) is 0. The molecule has 0 saturated carbocycles. The van der Waals surface area contributed by atoms with Crippen molar-refractivity contribution in [3.05, 3.63) is 15.6 Å². The van der Waals surface area contributed by atoms with Crippen LogP contribution < -0.4 is 0 Å². The highest BCUT2D eigenvalue weighted by molar-refractivity contribution is 7.11. The van der Waals surface area contributed by atoms with Gasteiger partial charge in [0.15, 0.2) is 0 Å². The number of ketones is 1. The fourth-order valence-electron chi connectivity index (χ4n) is 1.39. The summed E-state index contributed by atoms with van der Waals surface area (Å²) in [7, 11) is 0. The van der Waals surface area contributed by atoms with Crippen LogP contribution in [-0.2, 0) is 16.0 Å². The van der Waals surface area contributed by atoms with Crippen LogP contribution in [0.15, 0.2) is 0 Å². The molecule has 0 N–H and O–H groups in total. The van der Waals surface area contributed by atoms with Gasteiger partial charge in [0.25, 0.3) is 0 Å². The second kappa shape index (κ2) is 6.76. The predicted octanol–water partition coefficient (Wildman–Crippen LogP) is 2.69. The van der Waals surface area contributed by atoms with E-state index in [1.54, 1.807) is 11.3 Å². The summed E-state index contributed by atoms with van der Waals surface area (Å²) in [5.41, 5.74) is 1.04. The van der Waals surface area contributed by atoms with Crippen molar-refractivity contribution in [3.63, 3.8) is 0 Å². The van der Waals surface area contributed by atoms with E-state index in [1.165, 1.54) is 4.88 Å². The Hall–Kier alpha value is -0.740. The highest BCUT2D eigenvalue weighted by Gasteiger charge is 2.08. The summed E-state index contributed by atoms with van der Waals surface area (Å²) < 4.78 is 5.19. The Kier molecular flexibility index (Phi) is 5.63. The second-order valence-corrected chi connectivity index (χ2v) is 5.05. The molecule has 1 aromatic rings. The van der Waals surface area contributed by atoms with Crippen LogP contribution in [0.5, 0.6) is 0 Å². The number of hydrogen-bond acceptors (Lipinski definition) is 4. The first-order valence-electron chi connectivity index (χ1n) is 5.65. The Labute approximate surface area is 101 Å². The summed E-state index contributed by atoms with van der Waals surface area (Å²) in [5, 5.41) is 0.941. The average Bonchev–Trinajstić information content (AvgIpc) is 2.53. The van der Waals surface area contributed by atoms with Crippen LogP contribution in [0, 0.1) is 13.8 Å². The Morgan fingerprint density at radius 2 is 2.19 bits per heavy atom. The van der Waals surface area contributed by atoms with Gasteiger partial charge in [-0.2, -0.15) is 0 Å². The van der Waals surface area contributed by atoms with Crippen molar-refractivity contribution in [2.75, 3.05) is 13.2 Å². The molecule has 0 atom stereocenters. The van der Waals surface area contributed by atoms with Crippen LogP contribution in [0.1, 0.15) is 35.3 Å². The third-order valence-corrected chi connectivity index (χ3v) is 3.44. The lowest BCUT2D eigenvalue weighted by molar-refractivity contribution is -0.118. The van der Waals surface area contributed by atoms with Crippen LogP contribution in [0.3, 0.4) is 0 Å². The molecule has 1 heterocycles. The molecule has 0 unspecified atom stereocenters. The SMILES string of the molecule is CCOCCCC(=O)Cc1nc(C)c(C)s1. The second-order valence-electron chi connectivity index (χ2n) is 3.77. The molecule has 0 radical (unpaired) electrons. The lowest BCUT2D eigenvalue weighted by atomic mass is 10.2. The first-order chi connectivity index (χ1) is 7.63. The first-order valence-corrected chi connectivity index (χ1v) is 6.47. The van der Waals surface area contributed by atoms with Crippen molar-refractivity contribution < 1.29 is 9.53 Å². The number of carbonyl (C=O) groups is 1. The highest BCUT2D eigenvalue weighted by Crippen LogP contribution is 2.17. The molecule has 0 fully saturated rings. The summed E-state index contributed by atoms with van der Waals surface area (Å²) in [4.78, 5) is 17.2. The number of carbonyl (C=O) groups excluding carboxylic acids is 1. The quantitative estimate of drug-likeness (QED) is 0.689. The molecule has 0 bridgehead atoms. The molecule has 0 aliphatic carbocycles. The van der Waals surface area contributed by atoms with E-state index in [9.17, 15) is 4.79 Å². The molecule has 0 amide bonds. The van der Waals surface area contributed by atoms with Gasteiger partial charge in [-0.1, -0.05) is 0 Å². The largest absolute Gasteiger partial charge is 0.382 e. The number of aryl methyl sites for hydroxylation is 2. The van der Waals surface area contributed by atoms with Crippen molar-refractivity contribution in [2.24, 2.45) is 0 Å². The molecule has 90 valence electrons. The Morgan fingerprint density at radius 1 is 1.44 bits per heavy atom. The van der Waals surface area contributed by atoms with Gasteiger partial charge in [0.05, 0.1) is 12.1 Å². The van der Waals surface area contributed by atoms with Gasteiger partial charge < -0.3 is 4.74 Å². The zero-order valence-corrected chi connectivity index (χ0v) is 11.0. The molecule has 1 rings (SSSR count). The Bertz CT molecular complexity index is 327. The molecule has 0 aromatic carbocycles. The van der Waals surface area contributed by atoms with Gasteiger partial charge in [-0.3, -0.25) is 4.79 Å². The third kappa shape index (κ3) is 4.41. The summed E-state index contributed by atoms with van der Waals surface area (Å²) in [6.07, 6.45) is 1.89. The number of thiazole rings is 1. The molecule has 0 spiro atoms. The van der Waals surface area contributed by atoms with Gasteiger partial charge in [-0.05, 0) is 27.2 Å². The number of ether oxygens (including phenoxy) is 1. The lowest BCUT2D eigenvalue weighted by Gasteiger charge is -1.99. The first kappa shape index (κ1) is 13.3. The zero-order valence-electron chi connectivity index (χ0n) is 10.2. The maximum absolute atomic E-state index is 11.6. The monoisotopic (exact) mass is 241 g/mol. The van der Waals surface area contributed by atoms with Crippen LogP contribution in [-0.4, -0.2) is 24.0 Å². The molecule has 0 aliphatic rings. The number of Topliss-reactive ketones (excluding diaryl/α,β-unsaturated/α-hetero) is 1. The fraction of sp³-hybridized carbons (Fsp3) is 0.667. The maximum Gasteiger partial charge on any atom is 0.139 e. The maximum atomic E-state index is 11.6. The minimum Gasteiger partial charge on any atom is -0.382 e. The van der Waals surface area contributed by atoms with E-state index in [1.807, 2.05) is 20.8 Å². The van der Waals surface area contributed by atoms with Gasteiger partial charge in [-0.15, -0.1) is 11.3 Å². The average molecular weight is 241 g/mol. The van der Waals surface area contributed by atoms with Crippen molar-refractivity contribution in [2.45, 2.75) is 40.0 Å². The molecule has 1 aromatic heterocycles. The van der Waals surface area contributed by atoms with Crippen molar-refractivity contribution in [3.8, 4) is 0 Å². The minimum absolute atomic E-state index is 0.258. The smallest absolute Gasteiger partial charge is 0.139 e. The number of rotatable bonds is 7. The lowest BCUT2D eigenvalue weighted by Crippen LogP contribution is -2.04. The number of hydrogen-bond donors (Lipinski definition) is 0. The topological polar surface area (TPSA) is 39.2 Å². The molecule has 0 saturated heterocycles. The van der Waals surface area contributed by atoms with Gasteiger partial charge in [0, 0.05) is 24.5 Å². The zero-order chi connectivity index (χ0) is 12.0. The van der Waals surface area contributed by atoms with Crippen molar-refractivity contribution in [1.29, 1.82) is 0 Å². The standard InChI is InChI=1S/C12H19NO2S/c1-4-15-7-5-6-11(14)8-12-13-9(2)10(3)16-12/h4-8H2,1-3H3. The van der Waals surface area contributed by atoms with Crippen LogP contribution in [0.2, 0.25) is 0 Å². The minimum atomic E-state index is 0.258. The summed E-state index contributed by atoms with van der Waals surface area (Å²) in [6.45, 7) is 7.38. The van der Waals surface area contributed by atoms with E-state index < -0.39 is 0 Å². The molecule has 16 heavy (non-hydrogen) atoms. The van der Waals surface area contributed by atoms with Crippen LogP contribution in [0.25, 0.3) is 0 Å². The van der Waals surface area contributed by atoms with Gasteiger partial charge in [0.2, 0.25) is 0 Å². The van der Waals surface area contributed by atoms with E-state index in [0.717, 1.165) is 23.7 Å². The van der Waals surface area contributed by atoms with Crippen LogP contribution in [0.4, 0.5) is 0 Å². The summed E-state index contributed by atoms with van der Waals surface area (Å²) in [5.74, 6) is 0.258. The van der Waals surface area contributed by atoms with Crippen molar-refractivity contribution in [1.82, 2.24) is 4.98 Å². The molecular formula is C12H19NO2S. The Morgan fingerprint density at radius 3 is 2.75 bits per heavy atom. The number of nitrogens with zero attached hydrogens (tertiary/aromatic N) is 1. The van der Waals surface area contributed by atoms with Gasteiger partial charge >= 0.3 is 0 Å². The van der Waals surface area contributed by atoms with Crippen LogP contribution >= 0.6 is 11.3 Å². The Balaban J connectivity index is 2.28. The van der Waals surface area contributed by atoms with Crippen molar-refractivity contribution >= 4 is 17.1 Å².